The van der Waals surface area contributed by atoms with Gasteiger partial charge in [-0.15, -0.1) is 0 Å². The van der Waals surface area contributed by atoms with Gasteiger partial charge in [0.1, 0.15) is 0 Å². The van der Waals surface area contributed by atoms with Crippen molar-refractivity contribution in [2.75, 3.05) is 4.90 Å². The summed E-state index contributed by atoms with van der Waals surface area (Å²) in [6, 6.07) is 6.03. The van der Waals surface area contributed by atoms with Crippen LogP contribution >= 0.6 is 24.0 Å². The normalized spacial score (nSPS) is 16.4. The Balaban J connectivity index is 1.89. The SMILES string of the molecule is Cn1cc(/C=C2/SC(=S)N(c3ccc(C(=O)O)cc3)C2=O)cn1. The number of hydrogen-bond donors (Lipinski definition) is 1. The average Bonchev–Trinajstić information content (AvgIpc) is 3.03. The molecule has 2 heterocycles. The molecule has 1 aromatic carbocycles. The molecule has 8 heteroatoms. The molecule has 1 aromatic heterocycles. The second kappa shape index (κ2) is 5.98. The van der Waals surface area contributed by atoms with E-state index in [2.05, 4.69) is 5.10 Å². The number of carbonyl (C=O) groups is 2. The molecule has 1 aliphatic heterocycles. The topological polar surface area (TPSA) is 75.4 Å². The first-order valence-electron chi connectivity index (χ1n) is 6.55. The smallest absolute Gasteiger partial charge is 0.335 e. The molecule has 0 atom stereocenters. The molecule has 23 heavy (non-hydrogen) atoms. The van der Waals surface area contributed by atoms with Gasteiger partial charge in [-0.25, -0.2) is 4.79 Å². The van der Waals surface area contributed by atoms with Crippen LogP contribution in [-0.2, 0) is 11.8 Å². The first kappa shape index (κ1) is 15.4. The van der Waals surface area contributed by atoms with E-state index in [4.69, 9.17) is 17.3 Å². The fraction of sp³-hybridized carbons (Fsp3) is 0.0667. The second-order valence-electron chi connectivity index (χ2n) is 4.82. The third-order valence-corrected chi connectivity index (χ3v) is 4.49. The molecule has 1 N–H and O–H groups in total. The number of carboxylic acids is 1. The summed E-state index contributed by atoms with van der Waals surface area (Å²) in [4.78, 5) is 25.3. The monoisotopic (exact) mass is 345 g/mol. The molecule has 3 rings (SSSR count). The van der Waals surface area contributed by atoms with E-state index < -0.39 is 5.97 Å². The summed E-state index contributed by atoms with van der Waals surface area (Å²) in [6.45, 7) is 0. The Morgan fingerprint density at radius 3 is 2.61 bits per heavy atom. The van der Waals surface area contributed by atoms with Crippen LogP contribution in [0.5, 0.6) is 0 Å². The number of thiocarbonyl (C=S) groups is 1. The van der Waals surface area contributed by atoms with Gasteiger partial charge >= 0.3 is 5.97 Å². The number of anilines is 1. The number of carboxylic acid groups (broad SMARTS) is 1. The molecule has 0 saturated carbocycles. The number of rotatable bonds is 3. The largest absolute Gasteiger partial charge is 0.478 e. The van der Waals surface area contributed by atoms with Crippen molar-refractivity contribution in [3.63, 3.8) is 0 Å². The Morgan fingerprint density at radius 1 is 1.35 bits per heavy atom. The molecule has 0 radical (unpaired) electrons. The maximum absolute atomic E-state index is 12.6. The summed E-state index contributed by atoms with van der Waals surface area (Å²) in [5.74, 6) is -1.25. The Labute approximate surface area is 141 Å². The van der Waals surface area contributed by atoms with Crippen molar-refractivity contribution in [1.29, 1.82) is 0 Å². The van der Waals surface area contributed by atoms with E-state index in [1.165, 1.54) is 28.8 Å². The number of carbonyl (C=O) groups excluding carboxylic acids is 1. The zero-order valence-corrected chi connectivity index (χ0v) is 13.6. The summed E-state index contributed by atoms with van der Waals surface area (Å²) in [6.07, 6.45) is 5.19. The maximum Gasteiger partial charge on any atom is 0.335 e. The Morgan fingerprint density at radius 2 is 2.04 bits per heavy atom. The molecule has 0 unspecified atom stereocenters. The lowest BCUT2D eigenvalue weighted by molar-refractivity contribution is -0.113. The van der Waals surface area contributed by atoms with E-state index in [0.717, 1.165) is 5.56 Å². The standard InChI is InChI=1S/C15H11N3O3S2/c1-17-8-9(7-16-17)6-12-13(19)18(15(22)23-12)11-4-2-10(3-5-11)14(20)21/h2-8H,1H3,(H,20,21)/b12-6+. The van der Waals surface area contributed by atoms with Gasteiger partial charge in [0.15, 0.2) is 4.32 Å². The number of amides is 1. The molecule has 2 aromatic rings. The van der Waals surface area contributed by atoms with Crippen LogP contribution in [0.2, 0.25) is 0 Å². The van der Waals surface area contributed by atoms with E-state index in [9.17, 15) is 9.59 Å². The zero-order valence-electron chi connectivity index (χ0n) is 12.0. The number of aromatic carboxylic acids is 1. The van der Waals surface area contributed by atoms with Crippen LogP contribution in [0.3, 0.4) is 0 Å². The highest BCUT2D eigenvalue weighted by Gasteiger charge is 2.33. The first-order chi connectivity index (χ1) is 11.0. The van der Waals surface area contributed by atoms with Crippen LogP contribution < -0.4 is 4.90 Å². The summed E-state index contributed by atoms with van der Waals surface area (Å²) in [5, 5.41) is 13.0. The van der Waals surface area contributed by atoms with E-state index in [1.54, 1.807) is 42.3 Å². The molecule has 1 fully saturated rings. The molecular weight excluding hydrogens is 334 g/mol. The van der Waals surface area contributed by atoms with Gasteiger partial charge in [0.25, 0.3) is 5.91 Å². The molecule has 0 aliphatic carbocycles. The quantitative estimate of drug-likeness (QED) is 0.680. The van der Waals surface area contributed by atoms with Gasteiger partial charge in [0.2, 0.25) is 0 Å². The Bertz CT molecular complexity index is 840. The van der Waals surface area contributed by atoms with Crippen LogP contribution in [0.1, 0.15) is 15.9 Å². The number of aromatic nitrogens is 2. The van der Waals surface area contributed by atoms with Crippen LogP contribution in [0.25, 0.3) is 6.08 Å². The van der Waals surface area contributed by atoms with Gasteiger partial charge < -0.3 is 5.11 Å². The summed E-state index contributed by atoms with van der Waals surface area (Å²) in [5.41, 5.74) is 1.52. The van der Waals surface area contributed by atoms with Crippen molar-refractivity contribution in [3.05, 3.63) is 52.7 Å². The van der Waals surface area contributed by atoms with Gasteiger partial charge in [-0.2, -0.15) is 5.10 Å². The van der Waals surface area contributed by atoms with Gasteiger partial charge in [0, 0.05) is 18.8 Å². The third-order valence-electron chi connectivity index (χ3n) is 3.19. The lowest BCUT2D eigenvalue weighted by Crippen LogP contribution is -2.27. The second-order valence-corrected chi connectivity index (χ2v) is 6.49. The highest BCUT2D eigenvalue weighted by atomic mass is 32.2. The summed E-state index contributed by atoms with van der Waals surface area (Å²) < 4.78 is 2.06. The lowest BCUT2D eigenvalue weighted by atomic mass is 10.2. The van der Waals surface area contributed by atoms with E-state index in [-0.39, 0.29) is 11.5 Å². The average molecular weight is 345 g/mol. The minimum absolute atomic E-state index is 0.157. The van der Waals surface area contributed by atoms with Gasteiger partial charge in [-0.05, 0) is 30.3 Å². The summed E-state index contributed by atoms with van der Waals surface area (Å²) in [7, 11) is 1.80. The lowest BCUT2D eigenvalue weighted by Gasteiger charge is -2.14. The Hall–Kier alpha value is -2.45. The number of hydrogen-bond acceptors (Lipinski definition) is 5. The van der Waals surface area contributed by atoms with E-state index in [1.807, 2.05) is 0 Å². The fourth-order valence-corrected chi connectivity index (χ4v) is 3.41. The molecule has 116 valence electrons. The molecule has 0 bridgehead atoms. The van der Waals surface area contributed by atoms with Gasteiger partial charge in [-0.1, -0.05) is 24.0 Å². The Kier molecular flexibility index (Phi) is 4.01. The number of thioether (sulfide) groups is 1. The zero-order chi connectivity index (χ0) is 16.6. The number of aryl methyl sites for hydroxylation is 1. The minimum atomic E-state index is -1.02. The van der Waals surface area contributed by atoms with Crippen molar-refractivity contribution in [2.24, 2.45) is 7.05 Å². The highest BCUT2D eigenvalue weighted by molar-refractivity contribution is 8.27. The molecule has 6 nitrogen and oxygen atoms in total. The summed E-state index contributed by atoms with van der Waals surface area (Å²) >= 11 is 6.48. The van der Waals surface area contributed by atoms with Crippen molar-refractivity contribution in [2.45, 2.75) is 0 Å². The van der Waals surface area contributed by atoms with Crippen LogP contribution in [-0.4, -0.2) is 31.1 Å². The van der Waals surface area contributed by atoms with E-state index >= 15 is 0 Å². The van der Waals surface area contributed by atoms with E-state index in [0.29, 0.717) is 14.9 Å². The molecule has 1 amide bonds. The molecular formula is C15H11N3O3S2. The van der Waals surface area contributed by atoms with Crippen LogP contribution in [0.4, 0.5) is 5.69 Å². The highest BCUT2D eigenvalue weighted by Crippen LogP contribution is 2.35. The minimum Gasteiger partial charge on any atom is -0.478 e. The fourth-order valence-electron chi connectivity index (χ4n) is 2.11. The van der Waals surface area contributed by atoms with Crippen molar-refractivity contribution < 1.29 is 14.7 Å². The van der Waals surface area contributed by atoms with Crippen molar-refractivity contribution in [3.8, 4) is 0 Å². The first-order valence-corrected chi connectivity index (χ1v) is 7.78. The number of benzene rings is 1. The van der Waals surface area contributed by atoms with Crippen LogP contribution in [0, 0.1) is 0 Å². The van der Waals surface area contributed by atoms with Crippen molar-refractivity contribution in [1.82, 2.24) is 9.78 Å². The van der Waals surface area contributed by atoms with Gasteiger partial charge in [0.05, 0.1) is 22.4 Å². The number of nitrogens with zero attached hydrogens (tertiary/aromatic N) is 3. The third kappa shape index (κ3) is 3.03. The predicted octanol–water partition coefficient (Wildman–Crippen LogP) is 2.52. The van der Waals surface area contributed by atoms with Crippen LogP contribution in [0.15, 0.2) is 41.6 Å². The maximum atomic E-state index is 12.6. The van der Waals surface area contributed by atoms with Crippen molar-refractivity contribution >= 4 is 51.9 Å². The predicted molar refractivity (Wildman–Crippen MR) is 92.3 cm³/mol. The molecule has 1 saturated heterocycles. The van der Waals surface area contributed by atoms with Gasteiger partial charge in [-0.3, -0.25) is 14.4 Å². The molecule has 0 spiro atoms. The molecule has 1 aliphatic rings.